The second-order valence-electron chi connectivity index (χ2n) is 6.96. The fourth-order valence-electron chi connectivity index (χ4n) is 3.43. The molecule has 3 aromatic rings. The maximum atomic E-state index is 14.4. The second kappa shape index (κ2) is 7.90. The van der Waals surface area contributed by atoms with Crippen molar-refractivity contribution in [3.63, 3.8) is 0 Å². The van der Waals surface area contributed by atoms with E-state index in [9.17, 15) is 18.8 Å². The quantitative estimate of drug-likeness (QED) is 0.638. The molecule has 1 aliphatic rings. The van der Waals surface area contributed by atoms with Crippen LogP contribution in [0.4, 0.5) is 4.39 Å². The lowest BCUT2D eigenvalue weighted by atomic mass is 10.1. The first-order chi connectivity index (χ1) is 14.5. The number of halogens is 1. The van der Waals surface area contributed by atoms with Gasteiger partial charge in [-0.2, -0.15) is 0 Å². The summed E-state index contributed by atoms with van der Waals surface area (Å²) in [6.45, 7) is 1.91. The zero-order valence-corrected chi connectivity index (χ0v) is 16.3. The molecule has 2 aromatic carbocycles. The molecule has 1 aromatic heterocycles. The van der Waals surface area contributed by atoms with Crippen molar-refractivity contribution in [1.82, 2.24) is 19.8 Å². The van der Waals surface area contributed by atoms with E-state index in [0.29, 0.717) is 28.2 Å². The molecule has 0 bridgehead atoms. The molecule has 0 atom stereocenters. The highest BCUT2D eigenvalue weighted by atomic mass is 19.1. The predicted molar refractivity (Wildman–Crippen MR) is 107 cm³/mol. The zero-order chi connectivity index (χ0) is 21.3. The summed E-state index contributed by atoms with van der Waals surface area (Å²) in [6, 6.07) is 11.3. The first kappa shape index (κ1) is 19.5. The molecule has 4 rings (SSSR count). The standard InChI is InChI=1S/C22H19FN4O3/c1-14-24-9-11-26(14)19-7-6-15(12-18(19)23)13-25-20(28)8-10-27-21(29)16-4-2-3-5-17(16)22(27)30/h2-7,9,11-12H,8,10,13H2,1H3,(H,25,28). The minimum Gasteiger partial charge on any atom is -0.352 e. The van der Waals surface area contributed by atoms with Gasteiger partial charge >= 0.3 is 0 Å². The van der Waals surface area contributed by atoms with Crippen LogP contribution in [0.25, 0.3) is 5.69 Å². The number of aryl methyl sites for hydroxylation is 1. The number of nitrogens with zero attached hydrogens (tertiary/aromatic N) is 3. The van der Waals surface area contributed by atoms with Crippen LogP contribution in [-0.2, 0) is 11.3 Å². The molecule has 0 fully saturated rings. The van der Waals surface area contributed by atoms with Crippen LogP contribution in [0.5, 0.6) is 0 Å². The van der Waals surface area contributed by atoms with Crippen LogP contribution < -0.4 is 5.32 Å². The minimum absolute atomic E-state index is 0.00855. The summed E-state index contributed by atoms with van der Waals surface area (Å²) in [7, 11) is 0. The number of rotatable bonds is 6. The molecule has 0 spiro atoms. The highest BCUT2D eigenvalue weighted by Gasteiger charge is 2.34. The van der Waals surface area contributed by atoms with Gasteiger partial charge in [-0.1, -0.05) is 18.2 Å². The van der Waals surface area contributed by atoms with E-state index in [4.69, 9.17) is 0 Å². The first-order valence-electron chi connectivity index (χ1n) is 9.46. The van der Waals surface area contributed by atoms with Crippen molar-refractivity contribution < 1.29 is 18.8 Å². The van der Waals surface area contributed by atoms with E-state index >= 15 is 0 Å². The van der Waals surface area contributed by atoms with Crippen molar-refractivity contribution in [1.29, 1.82) is 0 Å². The Bertz CT molecular complexity index is 1120. The molecule has 8 heteroatoms. The molecular formula is C22H19FN4O3. The molecule has 0 aliphatic carbocycles. The van der Waals surface area contributed by atoms with Crippen LogP contribution in [-0.4, -0.2) is 38.7 Å². The Balaban J connectivity index is 1.33. The SMILES string of the molecule is Cc1nccn1-c1ccc(CNC(=O)CCN2C(=O)c3ccccc3C2=O)cc1F. The Kier molecular flexibility index (Phi) is 5.14. The van der Waals surface area contributed by atoms with Crippen LogP contribution in [0, 0.1) is 12.7 Å². The van der Waals surface area contributed by atoms with Gasteiger partial charge in [0.05, 0.1) is 16.8 Å². The van der Waals surface area contributed by atoms with Crippen LogP contribution >= 0.6 is 0 Å². The Morgan fingerprint density at radius 2 is 1.80 bits per heavy atom. The van der Waals surface area contributed by atoms with E-state index in [1.54, 1.807) is 60.3 Å². The Labute approximate surface area is 172 Å². The van der Waals surface area contributed by atoms with Gasteiger partial charge in [0.25, 0.3) is 11.8 Å². The number of benzene rings is 2. The van der Waals surface area contributed by atoms with Gasteiger partial charge < -0.3 is 9.88 Å². The van der Waals surface area contributed by atoms with E-state index < -0.39 is 17.6 Å². The Morgan fingerprint density at radius 1 is 1.10 bits per heavy atom. The normalized spacial score (nSPS) is 12.9. The monoisotopic (exact) mass is 406 g/mol. The summed E-state index contributed by atoms with van der Waals surface area (Å²) in [6.07, 6.45) is 3.24. The summed E-state index contributed by atoms with van der Waals surface area (Å²) < 4.78 is 16.1. The molecule has 0 radical (unpaired) electrons. The van der Waals surface area contributed by atoms with Gasteiger partial charge in [0.2, 0.25) is 5.91 Å². The highest BCUT2D eigenvalue weighted by molar-refractivity contribution is 6.21. The zero-order valence-electron chi connectivity index (χ0n) is 16.3. The van der Waals surface area contributed by atoms with Crippen molar-refractivity contribution in [3.8, 4) is 5.69 Å². The molecule has 0 saturated carbocycles. The highest BCUT2D eigenvalue weighted by Crippen LogP contribution is 2.22. The number of hydrogen-bond acceptors (Lipinski definition) is 4. The van der Waals surface area contributed by atoms with Crippen molar-refractivity contribution in [2.75, 3.05) is 6.54 Å². The van der Waals surface area contributed by atoms with E-state index in [2.05, 4.69) is 10.3 Å². The summed E-state index contributed by atoms with van der Waals surface area (Å²) in [5.41, 5.74) is 1.69. The predicted octanol–water partition coefficient (Wildman–Crippen LogP) is 2.62. The average molecular weight is 406 g/mol. The number of fused-ring (bicyclic) bond motifs is 1. The third-order valence-electron chi connectivity index (χ3n) is 5.03. The van der Waals surface area contributed by atoms with Gasteiger partial charge in [0.1, 0.15) is 11.6 Å². The average Bonchev–Trinajstić information content (AvgIpc) is 3.27. The van der Waals surface area contributed by atoms with Crippen LogP contribution in [0.2, 0.25) is 0 Å². The van der Waals surface area contributed by atoms with Crippen molar-refractivity contribution >= 4 is 17.7 Å². The van der Waals surface area contributed by atoms with Gasteiger partial charge in [-0.05, 0) is 36.8 Å². The van der Waals surface area contributed by atoms with Crippen LogP contribution in [0.1, 0.15) is 38.5 Å². The molecular weight excluding hydrogens is 387 g/mol. The second-order valence-corrected chi connectivity index (χ2v) is 6.96. The van der Waals surface area contributed by atoms with E-state index in [1.807, 2.05) is 0 Å². The van der Waals surface area contributed by atoms with Gasteiger partial charge in [-0.15, -0.1) is 0 Å². The lowest BCUT2D eigenvalue weighted by Crippen LogP contribution is -2.34. The molecule has 0 saturated heterocycles. The van der Waals surface area contributed by atoms with Crippen molar-refractivity contribution in [2.45, 2.75) is 19.9 Å². The van der Waals surface area contributed by atoms with E-state index in [0.717, 1.165) is 4.90 Å². The minimum atomic E-state index is -0.422. The third kappa shape index (κ3) is 3.59. The number of hydrogen-bond donors (Lipinski definition) is 1. The number of carbonyl (C=O) groups is 3. The van der Waals surface area contributed by atoms with Gasteiger partial charge in [-0.25, -0.2) is 9.37 Å². The number of aromatic nitrogens is 2. The van der Waals surface area contributed by atoms with Gasteiger partial charge in [0.15, 0.2) is 0 Å². The fourth-order valence-corrected chi connectivity index (χ4v) is 3.43. The third-order valence-corrected chi connectivity index (χ3v) is 5.03. The fraction of sp³-hybridized carbons (Fsp3) is 0.182. The van der Waals surface area contributed by atoms with E-state index in [1.165, 1.54) is 6.07 Å². The number of imidazole rings is 1. The number of carbonyl (C=O) groups excluding carboxylic acids is 3. The molecule has 7 nitrogen and oxygen atoms in total. The number of nitrogens with one attached hydrogen (secondary N) is 1. The molecule has 152 valence electrons. The van der Waals surface area contributed by atoms with Crippen molar-refractivity contribution in [2.24, 2.45) is 0 Å². The van der Waals surface area contributed by atoms with E-state index in [-0.39, 0.29) is 25.4 Å². The molecule has 1 aliphatic heterocycles. The first-order valence-corrected chi connectivity index (χ1v) is 9.46. The lowest BCUT2D eigenvalue weighted by Gasteiger charge is -2.14. The summed E-state index contributed by atoms with van der Waals surface area (Å²) in [5, 5.41) is 2.69. The molecule has 3 amide bonds. The summed E-state index contributed by atoms with van der Waals surface area (Å²) >= 11 is 0. The molecule has 0 unspecified atom stereocenters. The molecule has 30 heavy (non-hydrogen) atoms. The lowest BCUT2D eigenvalue weighted by molar-refractivity contribution is -0.121. The Hall–Kier alpha value is -3.81. The number of imide groups is 1. The van der Waals surface area contributed by atoms with Crippen molar-refractivity contribution in [3.05, 3.63) is 83.2 Å². The van der Waals surface area contributed by atoms with Crippen LogP contribution in [0.3, 0.4) is 0 Å². The number of amides is 3. The van der Waals surface area contributed by atoms with Gasteiger partial charge in [0, 0.05) is 31.9 Å². The maximum absolute atomic E-state index is 14.4. The van der Waals surface area contributed by atoms with Crippen LogP contribution in [0.15, 0.2) is 54.9 Å². The molecule has 1 N–H and O–H groups in total. The Morgan fingerprint density at radius 3 is 2.40 bits per heavy atom. The molecule has 2 heterocycles. The summed E-state index contributed by atoms with van der Waals surface area (Å²) in [4.78, 5) is 42.0. The van der Waals surface area contributed by atoms with Gasteiger partial charge in [-0.3, -0.25) is 19.3 Å². The smallest absolute Gasteiger partial charge is 0.261 e. The maximum Gasteiger partial charge on any atom is 0.261 e. The topological polar surface area (TPSA) is 84.3 Å². The summed E-state index contributed by atoms with van der Waals surface area (Å²) in [5.74, 6) is -0.870. The largest absolute Gasteiger partial charge is 0.352 e.